The second-order valence-corrected chi connectivity index (χ2v) is 7.45. The van der Waals surface area contributed by atoms with Crippen LogP contribution >= 0.6 is 0 Å². The van der Waals surface area contributed by atoms with Crippen LogP contribution in [-0.4, -0.2) is 28.0 Å². The molecule has 0 aliphatic carbocycles. The van der Waals surface area contributed by atoms with Crippen LogP contribution in [0.2, 0.25) is 0 Å². The molecule has 0 fully saturated rings. The quantitative estimate of drug-likeness (QED) is 0.374. The summed E-state index contributed by atoms with van der Waals surface area (Å²) in [7, 11) is 0. The zero-order valence-corrected chi connectivity index (χ0v) is 17.9. The molecule has 0 radical (unpaired) electrons. The van der Waals surface area contributed by atoms with Gasteiger partial charge in [-0.15, -0.1) is 0 Å². The van der Waals surface area contributed by atoms with Crippen LogP contribution in [0.1, 0.15) is 11.1 Å². The normalized spacial score (nSPS) is 11.4. The van der Waals surface area contributed by atoms with Crippen molar-refractivity contribution in [1.82, 2.24) is 15.3 Å². The van der Waals surface area contributed by atoms with Crippen molar-refractivity contribution in [3.05, 3.63) is 108 Å². The number of ether oxygens (including phenoxy) is 1. The summed E-state index contributed by atoms with van der Waals surface area (Å²) < 4.78 is 5.31. The Bertz CT molecular complexity index is 1160. The number of imidazole rings is 1. The van der Waals surface area contributed by atoms with Gasteiger partial charge in [0.2, 0.25) is 5.91 Å². The molecule has 4 rings (SSSR count). The van der Waals surface area contributed by atoms with E-state index in [1.807, 2.05) is 72.8 Å². The van der Waals surface area contributed by atoms with Crippen molar-refractivity contribution < 1.29 is 14.3 Å². The minimum Gasteiger partial charge on any atom is -0.445 e. The number of rotatable bonds is 8. The minimum atomic E-state index is -0.805. The summed E-state index contributed by atoms with van der Waals surface area (Å²) in [6.07, 6.45) is 3.12. The summed E-state index contributed by atoms with van der Waals surface area (Å²) in [4.78, 5) is 32.7. The lowest BCUT2D eigenvalue weighted by atomic mass is 10.1. The van der Waals surface area contributed by atoms with Gasteiger partial charge in [-0.3, -0.25) is 4.79 Å². The van der Waals surface area contributed by atoms with Gasteiger partial charge in [-0.25, -0.2) is 9.78 Å². The number of benzene rings is 3. The first-order chi connectivity index (χ1) is 16.2. The molecule has 4 aromatic rings. The fourth-order valence-corrected chi connectivity index (χ4v) is 3.33. The van der Waals surface area contributed by atoms with Crippen molar-refractivity contribution >= 4 is 17.7 Å². The number of nitrogens with one attached hydrogen (secondary N) is 3. The van der Waals surface area contributed by atoms with E-state index in [9.17, 15) is 9.59 Å². The van der Waals surface area contributed by atoms with Crippen LogP contribution in [0.15, 0.2) is 97.3 Å². The number of amides is 2. The Morgan fingerprint density at radius 3 is 2.18 bits per heavy atom. The topological polar surface area (TPSA) is 96.1 Å². The standard InChI is InChI=1S/C26H24N4O3/c31-25(29-22-13-11-21(12-14-22)24-27-15-16-28-24)23(17-19-7-3-1-4-8-19)30-26(32)33-18-20-9-5-2-6-10-20/h1-16,23H,17-18H2,(H,27,28)(H,29,31)(H,30,32)/t23-/m0/s1. The molecule has 1 aromatic heterocycles. The third kappa shape index (κ3) is 6.30. The van der Waals surface area contributed by atoms with Crippen molar-refractivity contribution in [1.29, 1.82) is 0 Å². The maximum Gasteiger partial charge on any atom is 0.408 e. The molecular weight excluding hydrogens is 416 g/mol. The molecule has 0 spiro atoms. The van der Waals surface area contributed by atoms with Crippen molar-refractivity contribution in [3.8, 4) is 11.4 Å². The van der Waals surface area contributed by atoms with Crippen LogP contribution in [-0.2, 0) is 22.6 Å². The summed E-state index contributed by atoms with van der Waals surface area (Å²) in [5, 5.41) is 5.58. The van der Waals surface area contributed by atoms with Crippen molar-refractivity contribution in [2.24, 2.45) is 0 Å². The molecule has 3 aromatic carbocycles. The Morgan fingerprint density at radius 2 is 1.55 bits per heavy atom. The number of alkyl carbamates (subject to hydrolysis) is 1. The van der Waals surface area contributed by atoms with Crippen LogP contribution in [0.25, 0.3) is 11.4 Å². The Labute approximate surface area is 191 Å². The Kier molecular flexibility index (Phi) is 7.12. The molecule has 0 aliphatic heterocycles. The monoisotopic (exact) mass is 440 g/mol. The van der Waals surface area contributed by atoms with E-state index in [0.29, 0.717) is 12.1 Å². The third-order valence-electron chi connectivity index (χ3n) is 5.03. The van der Waals surface area contributed by atoms with Crippen LogP contribution in [0.5, 0.6) is 0 Å². The molecule has 7 nitrogen and oxygen atoms in total. The van der Waals surface area contributed by atoms with Gasteiger partial charge < -0.3 is 20.4 Å². The van der Waals surface area contributed by atoms with Crippen molar-refractivity contribution in [2.45, 2.75) is 19.1 Å². The summed E-state index contributed by atoms with van der Waals surface area (Å²) in [5.41, 5.74) is 3.32. The van der Waals surface area contributed by atoms with Crippen LogP contribution in [0.3, 0.4) is 0 Å². The first kappa shape index (κ1) is 21.8. The molecule has 2 amide bonds. The number of carbonyl (C=O) groups excluding carboxylic acids is 2. The number of hydrogen-bond donors (Lipinski definition) is 3. The largest absolute Gasteiger partial charge is 0.445 e. The SMILES string of the molecule is O=C(N[C@@H](Cc1ccccc1)C(=O)Nc1ccc(-c2ncc[nH]2)cc1)OCc1ccccc1. The van der Waals surface area contributed by atoms with Crippen LogP contribution in [0.4, 0.5) is 10.5 Å². The Balaban J connectivity index is 1.41. The molecule has 0 bridgehead atoms. The molecule has 33 heavy (non-hydrogen) atoms. The highest BCUT2D eigenvalue weighted by Gasteiger charge is 2.22. The van der Waals surface area contributed by atoms with Crippen molar-refractivity contribution in [2.75, 3.05) is 5.32 Å². The number of nitrogens with zero attached hydrogens (tertiary/aromatic N) is 1. The lowest BCUT2D eigenvalue weighted by Gasteiger charge is -2.19. The number of hydrogen-bond acceptors (Lipinski definition) is 4. The smallest absolute Gasteiger partial charge is 0.408 e. The van der Waals surface area contributed by atoms with E-state index in [4.69, 9.17) is 4.74 Å². The van der Waals surface area contributed by atoms with Gasteiger partial charge in [0.25, 0.3) is 0 Å². The maximum absolute atomic E-state index is 13.0. The maximum atomic E-state index is 13.0. The number of anilines is 1. The van der Waals surface area contributed by atoms with E-state index >= 15 is 0 Å². The highest BCUT2D eigenvalue weighted by Crippen LogP contribution is 2.18. The van der Waals surface area contributed by atoms with Gasteiger partial charge in [0.05, 0.1) is 0 Å². The Hall–Kier alpha value is -4.39. The predicted octanol–water partition coefficient (Wildman–Crippen LogP) is 4.55. The van der Waals surface area contributed by atoms with Gasteiger partial charge in [-0.2, -0.15) is 0 Å². The van der Waals surface area contributed by atoms with E-state index in [1.165, 1.54) is 0 Å². The Morgan fingerprint density at radius 1 is 0.879 bits per heavy atom. The molecule has 3 N–H and O–H groups in total. The van der Waals surface area contributed by atoms with Crippen molar-refractivity contribution in [3.63, 3.8) is 0 Å². The van der Waals surface area contributed by atoms with E-state index in [-0.39, 0.29) is 12.5 Å². The van der Waals surface area contributed by atoms with Gasteiger partial charge in [-0.1, -0.05) is 60.7 Å². The predicted molar refractivity (Wildman–Crippen MR) is 126 cm³/mol. The first-order valence-electron chi connectivity index (χ1n) is 10.6. The number of aromatic nitrogens is 2. The van der Waals surface area contributed by atoms with E-state index in [2.05, 4.69) is 20.6 Å². The average Bonchev–Trinajstić information content (AvgIpc) is 3.39. The number of carbonyl (C=O) groups is 2. The van der Waals surface area contributed by atoms with E-state index < -0.39 is 12.1 Å². The van der Waals surface area contributed by atoms with E-state index in [1.54, 1.807) is 24.5 Å². The minimum absolute atomic E-state index is 0.126. The highest BCUT2D eigenvalue weighted by molar-refractivity contribution is 5.96. The second kappa shape index (κ2) is 10.8. The van der Waals surface area contributed by atoms with Gasteiger partial charge in [0, 0.05) is 30.1 Å². The summed E-state index contributed by atoms with van der Waals surface area (Å²) in [6, 6.07) is 25.4. The van der Waals surface area contributed by atoms with Gasteiger partial charge in [0.1, 0.15) is 18.5 Å². The van der Waals surface area contributed by atoms with Gasteiger partial charge in [0.15, 0.2) is 0 Å². The van der Waals surface area contributed by atoms with Gasteiger partial charge in [-0.05, 0) is 35.4 Å². The number of H-pyrrole nitrogens is 1. The molecule has 0 unspecified atom stereocenters. The number of aromatic amines is 1. The summed E-state index contributed by atoms with van der Waals surface area (Å²) in [6.45, 7) is 0.126. The molecule has 1 atom stereocenters. The van der Waals surface area contributed by atoms with Gasteiger partial charge >= 0.3 is 6.09 Å². The zero-order chi connectivity index (χ0) is 22.9. The molecule has 0 aliphatic rings. The molecule has 0 saturated carbocycles. The summed E-state index contributed by atoms with van der Waals surface area (Å²) >= 11 is 0. The molecule has 1 heterocycles. The lowest BCUT2D eigenvalue weighted by Crippen LogP contribution is -2.45. The molecule has 166 valence electrons. The third-order valence-corrected chi connectivity index (χ3v) is 5.03. The fourth-order valence-electron chi connectivity index (χ4n) is 3.33. The summed E-state index contributed by atoms with van der Waals surface area (Å²) in [5.74, 6) is 0.416. The second-order valence-electron chi connectivity index (χ2n) is 7.45. The van der Waals surface area contributed by atoms with Crippen LogP contribution < -0.4 is 10.6 Å². The lowest BCUT2D eigenvalue weighted by molar-refractivity contribution is -0.118. The molecule has 7 heteroatoms. The zero-order valence-electron chi connectivity index (χ0n) is 17.9. The fraction of sp³-hybridized carbons (Fsp3) is 0.115. The highest BCUT2D eigenvalue weighted by atomic mass is 16.5. The molecule has 0 saturated heterocycles. The van der Waals surface area contributed by atoms with Crippen LogP contribution in [0, 0.1) is 0 Å². The average molecular weight is 441 g/mol. The van der Waals surface area contributed by atoms with E-state index in [0.717, 1.165) is 22.5 Å². The molecular formula is C26H24N4O3. The first-order valence-corrected chi connectivity index (χ1v) is 10.6.